The quantitative estimate of drug-likeness (QED) is 0.137. The minimum atomic E-state index is 0.379. The molecule has 0 saturated heterocycles. The van der Waals surface area contributed by atoms with Gasteiger partial charge in [0.05, 0.1) is 0 Å². The lowest BCUT2D eigenvalue weighted by Crippen LogP contribution is -2.21. The van der Waals surface area contributed by atoms with Gasteiger partial charge >= 0.3 is 0 Å². The molecule has 2 aliphatic rings. The lowest BCUT2D eigenvalue weighted by atomic mass is 9.86. The average molecular weight is 769 g/mol. The highest BCUT2D eigenvalue weighted by Gasteiger charge is 2.23. The van der Waals surface area contributed by atoms with E-state index in [1.165, 1.54) is 55.8 Å². The van der Waals surface area contributed by atoms with E-state index < -0.39 is 0 Å². The first-order chi connectivity index (χ1) is 29.7. The Bertz CT molecular complexity index is 2820. The van der Waals surface area contributed by atoms with E-state index in [0.29, 0.717) is 5.92 Å². The number of para-hydroxylation sites is 1. The zero-order valence-corrected chi connectivity index (χ0v) is 33.4. The van der Waals surface area contributed by atoms with Gasteiger partial charge in [0.2, 0.25) is 0 Å². The molecule has 0 N–H and O–H groups in total. The van der Waals surface area contributed by atoms with Gasteiger partial charge < -0.3 is 9.80 Å². The number of fused-ring (bicyclic) bond motifs is 1. The Morgan fingerprint density at radius 1 is 0.300 bits per heavy atom. The summed E-state index contributed by atoms with van der Waals surface area (Å²) in [4.78, 5) is 4.75. The minimum Gasteiger partial charge on any atom is -0.314 e. The first kappa shape index (κ1) is 36.6. The van der Waals surface area contributed by atoms with Crippen LogP contribution < -0.4 is 9.80 Å². The molecule has 2 aliphatic carbocycles. The van der Waals surface area contributed by atoms with Crippen LogP contribution in [0.3, 0.4) is 0 Å². The fourth-order valence-corrected chi connectivity index (χ4v) is 8.45. The summed E-state index contributed by atoms with van der Waals surface area (Å²) in [6.07, 6.45) is 14.4. The maximum atomic E-state index is 2.42. The first-order valence-corrected chi connectivity index (χ1v) is 20.8. The van der Waals surface area contributed by atoms with Gasteiger partial charge in [0.25, 0.3) is 0 Å². The predicted octanol–water partition coefficient (Wildman–Crippen LogP) is 15.9. The zero-order chi connectivity index (χ0) is 40.1. The molecule has 0 bridgehead atoms. The van der Waals surface area contributed by atoms with Crippen LogP contribution in [0.4, 0.5) is 28.4 Å². The summed E-state index contributed by atoms with van der Waals surface area (Å²) in [6.45, 7) is 0. The van der Waals surface area contributed by atoms with Gasteiger partial charge in [-0.2, -0.15) is 0 Å². The van der Waals surface area contributed by atoms with E-state index in [0.717, 1.165) is 34.9 Å². The Balaban J connectivity index is 0.920. The number of allylic oxidation sites excluding steroid dienone is 8. The highest BCUT2D eigenvalue weighted by Crippen LogP contribution is 2.41. The monoisotopic (exact) mass is 768 g/mol. The molecule has 0 spiro atoms. The van der Waals surface area contributed by atoms with Crippen LogP contribution in [0.5, 0.6) is 0 Å². The van der Waals surface area contributed by atoms with Crippen LogP contribution in [0.25, 0.3) is 44.5 Å². The second kappa shape index (κ2) is 16.7. The van der Waals surface area contributed by atoms with Crippen LogP contribution in [0.1, 0.15) is 6.42 Å². The molecule has 0 aromatic heterocycles. The summed E-state index contributed by atoms with van der Waals surface area (Å²) >= 11 is 0. The molecule has 1 atom stereocenters. The predicted molar refractivity (Wildman–Crippen MR) is 254 cm³/mol. The van der Waals surface area contributed by atoms with Crippen molar-refractivity contribution in [2.75, 3.05) is 9.80 Å². The minimum absolute atomic E-state index is 0.379. The number of nitrogens with zero attached hydrogens (tertiary/aromatic N) is 2. The Morgan fingerprint density at radius 2 is 0.633 bits per heavy atom. The summed E-state index contributed by atoms with van der Waals surface area (Å²) < 4.78 is 0. The number of anilines is 5. The maximum Gasteiger partial charge on any atom is 0.0462 e. The molecule has 8 aromatic carbocycles. The van der Waals surface area contributed by atoms with Gasteiger partial charge in [0, 0.05) is 40.1 Å². The Labute approximate surface area is 353 Å². The van der Waals surface area contributed by atoms with E-state index in [1.54, 1.807) is 0 Å². The van der Waals surface area contributed by atoms with Gasteiger partial charge in [0.1, 0.15) is 0 Å². The Kier molecular flexibility index (Phi) is 10.2. The van der Waals surface area contributed by atoms with Crippen molar-refractivity contribution in [1.29, 1.82) is 0 Å². The highest BCUT2D eigenvalue weighted by atomic mass is 15.2. The fourth-order valence-electron chi connectivity index (χ4n) is 8.45. The third-order valence-corrected chi connectivity index (χ3v) is 11.6. The van der Waals surface area contributed by atoms with Crippen LogP contribution >= 0.6 is 0 Å². The smallest absolute Gasteiger partial charge is 0.0462 e. The molecule has 0 fully saturated rings. The number of rotatable bonds is 10. The van der Waals surface area contributed by atoms with Gasteiger partial charge in [-0.3, -0.25) is 0 Å². The van der Waals surface area contributed by atoms with Crippen molar-refractivity contribution in [3.8, 4) is 44.5 Å². The summed E-state index contributed by atoms with van der Waals surface area (Å²) in [6, 6.07) is 76.4. The molecule has 1 unspecified atom stereocenters. The van der Waals surface area contributed by atoms with Crippen LogP contribution in [-0.4, -0.2) is 0 Å². The topological polar surface area (TPSA) is 6.48 Å². The van der Waals surface area contributed by atoms with Crippen molar-refractivity contribution in [2.24, 2.45) is 5.92 Å². The van der Waals surface area contributed by atoms with Crippen molar-refractivity contribution in [3.05, 3.63) is 260 Å². The summed E-state index contributed by atoms with van der Waals surface area (Å²) in [5, 5.41) is 0. The normalized spacial score (nSPS) is 14.2. The van der Waals surface area contributed by atoms with E-state index >= 15 is 0 Å². The van der Waals surface area contributed by atoms with E-state index in [-0.39, 0.29) is 0 Å². The van der Waals surface area contributed by atoms with Crippen molar-refractivity contribution in [3.63, 3.8) is 0 Å². The van der Waals surface area contributed by atoms with E-state index in [2.05, 4.69) is 259 Å². The van der Waals surface area contributed by atoms with Crippen molar-refractivity contribution in [2.45, 2.75) is 6.42 Å². The molecule has 8 aromatic rings. The van der Waals surface area contributed by atoms with Crippen LogP contribution in [-0.2, 0) is 0 Å². The molecule has 286 valence electrons. The third-order valence-electron chi connectivity index (χ3n) is 11.6. The molecular weight excluding hydrogens is 725 g/mol. The molecular formula is C58H44N2. The van der Waals surface area contributed by atoms with Crippen molar-refractivity contribution >= 4 is 28.4 Å². The maximum absolute atomic E-state index is 2.42. The van der Waals surface area contributed by atoms with Gasteiger partial charge in [-0.25, -0.2) is 0 Å². The first-order valence-electron chi connectivity index (χ1n) is 20.8. The number of hydrogen-bond acceptors (Lipinski definition) is 2. The van der Waals surface area contributed by atoms with Crippen LogP contribution in [0.2, 0.25) is 0 Å². The Morgan fingerprint density at radius 3 is 1.05 bits per heavy atom. The Hall–Kier alpha value is -7.68. The lowest BCUT2D eigenvalue weighted by molar-refractivity contribution is 0.732. The molecule has 2 heteroatoms. The van der Waals surface area contributed by atoms with Crippen LogP contribution in [0, 0.1) is 5.92 Å². The molecule has 0 heterocycles. The van der Waals surface area contributed by atoms with Gasteiger partial charge in [-0.1, -0.05) is 182 Å². The molecule has 0 saturated carbocycles. The molecule has 0 aliphatic heterocycles. The van der Waals surface area contributed by atoms with Gasteiger partial charge in [-0.05, 0) is 123 Å². The largest absolute Gasteiger partial charge is 0.314 e. The molecule has 0 amide bonds. The highest BCUT2D eigenvalue weighted by molar-refractivity contribution is 5.81. The summed E-state index contributed by atoms with van der Waals surface area (Å²) in [7, 11) is 0. The zero-order valence-electron chi connectivity index (χ0n) is 33.4. The lowest BCUT2D eigenvalue weighted by Gasteiger charge is -2.32. The van der Waals surface area contributed by atoms with Crippen molar-refractivity contribution in [1.82, 2.24) is 0 Å². The standard InChI is InChI=1S/C58H44N2/c1-4-12-43(13-5-1)46-20-22-47(23-21-46)49-26-33-54(34-27-49)59(53-18-8-3-9-19-53)55-35-28-50(29-36-55)51-30-39-57(40-31-51)60(58-41-32-45-16-10-11-17-52(45)42-58)56-37-24-48(25-38-56)44-14-6-2-7-15-44/h1-41,52H,42H2. The number of benzene rings is 8. The van der Waals surface area contributed by atoms with E-state index in [1.807, 2.05) is 0 Å². The summed E-state index contributed by atoms with van der Waals surface area (Å²) in [5.74, 6) is 0.379. The molecule has 0 radical (unpaired) electrons. The molecule has 60 heavy (non-hydrogen) atoms. The molecule has 10 rings (SSSR count). The number of hydrogen-bond donors (Lipinski definition) is 0. The van der Waals surface area contributed by atoms with Gasteiger partial charge in [-0.15, -0.1) is 0 Å². The van der Waals surface area contributed by atoms with E-state index in [4.69, 9.17) is 0 Å². The average Bonchev–Trinajstić information content (AvgIpc) is 3.34. The van der Waals surface area contributed by atoms with Gasteiger partial charge in [0.15, 0.2) is 0 Å². The van der Waals surface area contributed by atoms with Crippen molar-refractivity contribution < 1.29 is 0 Å². The second-order valence-corrected chi connectivity index (χ2v) is 15.4. The molecule has 2 nitrogen and oxygen atoms in total. The third kappa shape index (κ3) is 7.67. The fraction of sp³-hybridized carbons (Fsp3) is 0.0345. The van der Waals surface area contributed by atoms with Crippen LogP contribution in [0.15, 0.2) is 260 Å². The SMILES string of the molecule is C1=CC2=CC=C(N(c3ccc(-c4ccccc4)cc3)c3ccc(-c4ccc(N(c5ccccc5)c5ccc(-c6ccc(-c7ccccc7)cc6)cc5)cc4)cc3)CC2C=C1. The van der Waals surface area contributed by atoms with E-state index in [9.17, 15) is 0 Å². The second-order valence-electron chi connectivity index (χ2n) is 15.4. The summed E-state index contributed by atoms with van der Waals surface area (Å²) in [5.41, 5.74) is 17.9.